The Morgan fingerprint density at radius 2 is 2.00 bits per heavy atom. The van der Waals surface area contributed by atoms with E-state index in [1.165, 1.54) is 18.5 Å². The van der Waals surface area contributed by atoms with Crippen molar-refractivity contribution in [3.8, 4) is 5.75 Å². The molecular formula is C18H14ClFN4O2. The van der Waals surface area contributed by atoms with Crippen molar-refractivity contribution in [2.45, 2.75) is 6.61 Å². The van der Waals surface area contributed by atoms with Gasteiger partial charge in [0, 0.05) is 11.1 Å². The highest BCUT2D eigenvalue weighted by atomic mass is 35.5. The van der Waals surface area contributed by atoms with Crippen molar-refractivity contribution in [2.24, 2.45) is 5.10 Å². The smallest absolute Gasteiger partial charge is 0.285 e. The first kappa shape index (κ1) is 17.6. The molecule has 0 radical (unpaired) electrons. The summed E-state index contributed by atoms with van der Waals surface area (Å²) in [6, 6.07) is 13.6. The molecule has 6 nitrogen and oxygen atoms in total. The van der Waals surface area contributed by atoms with Gasteiger partial charge in [0.25, 0.3) is 5.56 Å². The predicted octanol–water partition coefficient (Wildman–Crippen LogP) is 3.59. The van der Waals surface area contributed by atoms with Crippen LogP contribution in [0.4, 0.5) is 10.1 Å². The molecule has 0 aliphatic carbocycles. The van der Waals surface area contributed by atoms with Crippen LogP contribution < -0.4 is 15.7 Å². The van der Waals surface area contributed by atoms with Gasteiger partial charge in [-0.15, -0.1) is 0 Å². The van der Waals surface area contributed by atoms with E-state index in [1.807, 2.05) is 6.07 Å². The van der Waals surface area contributed by atoms with E-state index in [0.29, 0.717) is 16.9 Å². The molecule has 0 unspecified atom stereocenters. The van der Waals surface area contributed by atoms with Crippen molar-refractivity contribution < 1.29 is 9.13 Å². The van der Waals surface area contributed by atoms with E-state index >= 15 is 0 Å². The van der Waals surface area contributed by atoms with Gasteiger partial charge in [0.2, 0.25) is 0 Å². The standard InChI is InChI=1S/C18H14ClFN4O2/c19-17-15(10-22-24-18(17)25)23-21-9-12-5-2-4-8-16(12)26-11-13-6-1-3-7-14(13)20/h1-10H,11H2,(H2,23,24,25)/b21-9+. The largest absolute Gasteiger partial charge is 0.488 e. The van der Waals surface area contributed by atoms with Crippen LogP contribution in [0, 0.1) is 5.82 Å². The molecule has 26 heavy (non-hydrogen) atoms. The third-order valence-electron chi connectivity index (χ3n) is 3.44. The lowest BCUT2D eigenvalue weighted by Gasteiger charge is -2.09. The Bertz CT molecular complexity index is 991. The molecule has 132 valence electrons. The predicted molar refractivity (Wildman–Crippen MR) is 98.3 cm³/mol. The number of aromatic nitrogens is 2. The number of para-hydroxylation sites is 1. The number of H-pyrrole nitrogens is 1. The van der Waals surface area contributed by atoms with Crippen LogP contribution in [0.1, 0.15) is 11.1 Å². The number of anilines is 1. The van der Waals surface area contributed by atoms with Crippen molar-refractivity contribution in [1.82, 2.24) is 10.2 Å². The van der Waals surface area contributed by atoms with Gasteiger partial charge in [0.05, 0.1) is 12.4 Å². The Balaban J connectivity index is 1.72. The number of halogens is 2. The minimum Gasteiger partial charge on any atom is -0.488 e. The van der Waals surface area contributed by atoms with Crippen LogP contribution in [0.2, 0.25) is 5.02 Å². The minimum atomic E-state index is -0.513. The lowest BCUT2D eigenvalue weighted by Crippen LogP contribution is -2.10. The van der Waals surface area contributed by atoms with Gasteiger partial charge >= 0.3 is 0 Å². The fraction of sp³-hybridized carbons (Fsp3) is 0.0556. The highest BCUT2D eigenvalue weighted by molar-refractivity contribution is 6.32. The Hall–Kier alpha value is -3.19. The Morgan fingerprint density at radius 1 is 1.23 bits per heavy atom. The number of ether oxygens (including phenoxy) is 1. The molecule has 0 aliphatic heterocycles. The van der Waals surface area contributed by atoms with Gasteiger partial charge in [0.1, 0.15) is 28.9 Å². The maximum absolute atomic E-state index is 13.7. The van der Waals surface area contributed by atoms with Gasteiger partial charge in [-0.25, -0.2) is 9.49 Å². The molecule has 2 aromatic carbocycles. The van der Waals surface area contributed by atoms with E-state index in [9.17, 15) is 9.18 Å². The van der Waals surface area contributed by atoms with Crippen molar-refractivity contribution >= 4 is 23.5 Å². The summed E-state index contributed by atoms with van der Waals surface area (Å²) in [5.41, 5.74) is 3.54. The second-order valence-corrected chi connectivity index (χ2v) is 5.59. The molecule has 0 atom stereocenters. The van der Waals surface area contributed by atoms with Gasteiger partial charge < -0.3 is 4.74 Å². The molecule has 0 bridgehead atoms. The van der Waals surface area contributed by atoms with Crippen molar-refractivity contribution in [3.05, 3.63) is 87.0 Å². The molecule has 8 heteroatoms. The number of nitrogens with one attached hydrogen (secondary N) is 2. The third kappa shape index (κ3) is 4.25. The molecule has 0 saturated carbocycles. The molecule has 0 fully saturated rings. The molecule has 3 aromatic rings. The van der Waals surface area contributed by atoms with E-state index in [4.69, 9.17) is 16.3 Å². The lowest BCUT2D eigenvalue weighted by molar-refractivity contribution is 0.299. The zero-order chi connectivity index (χ0) is 18.4. The Kier molecular flexibility index (Phi) is 5.60. The van der Waals surface area contributed by atoms with Crippen molar-refractivity contribution in [3.63, 3.8) is 0 Å². The molecule has 1 heterocycles. The topological polar surface area (TPSA) is 79.4 Å². The van der Waals surface area contributed by atoms with Crippen molar-refractivity contribution in [1.29, 1.82) is 0 Å². The number of hydrogen-bond donors (Lipinski definition) is 2. The van der Waals surface area contributed by atoms with Crippen molar-refractivity contribution in [2.75, 3.05) is 5.43 Å². The van der Waals surface area contributed by atoms with E-state index < -0.39 is 5.56 Å². The number of hydrazone groups is 1. The van der Waals surface area contributed by atoms with Gasteiger partial charge in [-0.2, -0.15) is 10.2 Å². The van der Waals surface area contributed by atoms with Crippen LogP contribution in [0.3, 0.4) is 0 Å². The van der Waals surface area contributed by atoms with Gasteiger partial charge in [-0.05, 0) is 18.2 Å². The number of nitrogens with zero attached hydrogens (tertiary/aromatic N) is 2. The lowest BCUT2D eigenvalue weighted by atomic mass is 10.2. The van der Waals surface area contributed by atoms with Crippen LogP contribution in [0.15, 0.2) is 64.6 Å². The third-order valence-corrected chi connectivity index (χ3v) is 3.82. The van der Waals surface area contributed by atoms with E-state index in [1.54, 1.807) is 36.4 Å². The summed E-state index contributed by atoms with van der Waals surface area (Å²) in [5, 5.41) is 9.86. The minimum absolute atomic E-state index is 0.0405. The second kappa shape index (κ2) is 8.26. The number of hydrogen-bond acceptors (Lipinski definition) is 5. The monoisotopic (exact) mass is 372 g/mol. The van der Waals surface area contributed by atoms with Crippen LogP contribution >= 0.6 is 11.6 Å². The molecule has 0 aliphatic rings. The molecule has 3 rings (SSSR count). The van der Waals surface area contributed by atoms with Gasteiger partial charge in [0.15, 0.2) is 0 Å². The number of aromatic amines is 1. The van der Waals surface area contributed by atoms with Crippen LogP contribution in [0.25, 0.3) is 0 Å². The maximum Gasteiger partial charge on any atom is 0.285 e. The molecule has 0 spiro atoms. The van der Waals surface area contributed by atoms with E-state index in [-0.39, 0.29) is 23.1 Å². The molecule has 1 aromatic heterocycles. The maximum atomic E-state index is 13.7. The quantitative estimate of drug-likeness (QED) is 0.512. The highest BCUT2D eigenvalue weighted by Gasteiger charge is 2.06. The fourth-order valence-electron chi connectivity index (χ4n) is 2.12. The molecule has 0 saturated heterocycles. The summed E-state index contributed by atoms with van der Waals surface area (Å²) in [6.07, 6.45) is 2.86. The summed E-state index contributed by atoms with van der Waals surface area (Å²) in [6.45, 7) is 0.0920. The average Bonchev–Trinajstić information content (AvgIpc) is 2.65. The zero-order valence-corrected chi connectivity index (χ0v) is 14.2. The summed E-state index contributed by atoms with van der Waals surface area (Å²) in [7, 11) is 0. The normalized spacial score (nSPS) is 10.8. The number of benzene rings is 2. The van der Waals surface area contributed by atoms with Crippen LogP contribution in [-0.2, 0) is 6.61 Å². The summed E-state index contributed by atoms with van der Waals surface area (Å²) in [4.78, 5) is 11.4. The highest BCUT2D eigenvalue weighted by Crippen LogP contribution is 2.19. The number of rotatable bonds is 6. The van der Waals surface area contributed by atoms with Gasteiger partial charge in [-0.1, -0.05) is 41.9 Å². The van der Waals surface area contributed by atoms with Gasteiger partial charge in [-0.3, -0.25) is 10.2 Å². The first-order chi connectivity index (χ1) is 12.6. The first-order valence-electron chi connectivity index (χ1n) is 7.62. The summed E-state index contributed by atoms with van der Waals surface area (Å²) in [5.74, 6) is 0.216. The SMILES string of the molecule is O=c1[nH]ncc(N/N=C/c2ccccc2OCc2ccccc2F)c1Cl. The van der Waals surface area contributed by atoms with E-state index in [0.717, 1.165) is 0 Å². The van der Waals surface area contributed by atoms with E-state index in [2.05, 4.69) is 20.7 Å². The molecular weight excluding hydrogens is 359 g/mol. The average molecular weight is 373 g/mol. The fourth-order valence-corrected chi connectivity index (χ4v) is 2.26. The van der Waals surface area contributed by atoms with Crippen LogP contribution in [0.5, 0.6) is 5.75 Å². The second-order valence-electron chi connectivity index (χ2n) is 5.21. The Labute approximate surface area is 153 Å². The Morgan fingerprint density at radius 3 is 2.85 bits per heavy atom. The zero-order valence-electron chi connectivity index (χ0n) is 13.4. The summed E-state index contributed by atoms with van der Waals surface area (Å²) >= 11 is 5.86. The first-order valence-corrected chi connectivity index (χ1v) is 8.00. The summed E-state index contributed by atoms with van der Waals surface area (Å²) < 4.78 is 19.4. The molecule has 0 amide bonds. The van der Waals surface area contributed by atoms with Crippen LogP contribution in [-0.4, -0.2) is 16.4 Å². The molecule has 2 N–H and O–H groups in total.